The number of likely N-dealkylation sites (tertiary alicyclic amines) is 1. The van der Waals surface area contributed by atoms with E-state index < -0.39 is 30.2 Å². The summed E-state index contributed by atoms with van der Waals surface area (Å²) < 4.78 is 13.2. The second kappa shape index (κ2) is 17.2. The highest BCUT2D eigenvalue weighted by Crippen LogP contribution is 2.44. The fourth-order valence-corrected chi connectivity index (χ4v) is 7.07. The minimum Gasteiger partial charge on any atom is -0.448 e. The monoisotopic (exact) mass is 718 g/mol. The van der Waals surface area contributed by atoms with Crippen molar-refractivity contribution in [3.8, 4) is 23.5 Å². The Kier molecular flexibility index (Phi) is 12.0. The highest BCUT2D eigenvalue weighted by molar-refractivity contribution is 5.91. The average molecular weight is 719 g/mol. The third kappa shape index (κ3) is 8.50. The van der Waals surface area contributed by atoms with Crippen LogP contribution < -0.4 is 10.6 Å². The molecule has 2 heterocycles. The number of rotatable bonds is 15. The molecular formula is C40H46N8O5. The van der Waals surface area contributed by atoms with Crippen molar-refractivity contribution >= 4 is 23.9 Å². The van der Waals surface area contributed by atoms with Gasteiger partial charge in [-0.25, -0.2) is 9.48 Å². The van der Waals surface area contributed by atoms with Gasteiger partial charge in [0.25, 0.3) is 0 Å². The molecule has 1 aromatic heterocycles. The minimum absolute atomic E-state index is 0.0396. The molecule has 3 aromatic carbocycles. The Balaban J connectivity index is 1.08. The van der Waals surface area contributed by atoms with Gasteiger partial charge in [0, 0.05) is 26.1 Å². The molecule has 1 aliphatic carbocycles. The Morgan fingerprint density at radius 1 is 1.00 bits per heavy atom. The van der Waals surface area contributed by atoms with Gasteiger partial charge in [0.2, 0.25) is 17.8 Å². The van der Waals surface area contributed by atoms with Crippen molar-refractivity contribution < 1.29 is 23.9 Å². The number of ether oxygens (including phenoxy) is 2. The first kappa shape index (κ1) is 37.0. The van der Waals surface area contributed by atoms with Crippen LogP contribution >= 0.6 is 0 Å². The predicted molar refractivity (Wildman–Crippen MR) is 200 cm³/mol. The summed E-state index contributed by atoms with van der Waals surface area (Å²) >= 11 is 0. The highest BCUT2D eigenvalue weighted by atomic mass is 16.6. The summed E-state index contributed by atoms with van der Waals surface area (Å²) in [6.45, 7) is 4.86. The number of nitrogens with one attached hydrogen (secondary N) is 2. The van der Waals surface area contributed by atoms with Crippen LogP contribution in [-0.4, -0.2) is 105 Å². The Morgan fingerprint density at radius 3 is 2.38 bits per heavy atom. The lowest BCUT2D eigenvalue weighted by molar-refractivity contribution is -0.142. The van der Waals surface area contributed by atoms with E-state index in [1.807, 2.05) is 54.6 Å². The van der Waals surface area contributed by atoms with E-state index in [0.29, 0.717) is 25.6 Å². The molecular weight excluding hydrogens is 672 g/mol. The SMILES string of the molecule is C#CCO[C@H](C)[C@H](NC(=O)[C@H](C)N(C)C(=O)OCC1c2ccccc2-c2ccccc21)C(=O)N1CCC[C@H]1Cn1nnnc1NCCc1ccccc1. The van der Waals surface area contributed by atoms with Crippen molar-refractivity contribution in [1.82, 2.24) is 35.3 Å². The summed E-state index contributed by atoms with van der Waals surface area (Å²) in [6.07, 6.45) is 6.37. The van der Waals surface area contributed by atoms with E-state index in [4.69, 9.17) is 15.9 Å². The second-order valence-corrected chi connectivity index (χ2v) is 13.5. The van der Waals surface area contributed by atoms with E-state index in [1.54, 1.807) is 23.4 Å². The smallest absolute Gasteiger partial charge is 0.410 e. The summed E-state index contributed by atoms with van der Waals surface area (Å²) in [6, 6.07) is 24.0. The highest BCUT2D eigenvalue weighted by Gasteiger charge is 2.39. The molecule has 1 fully saturated rings. The zero-order chi connectivity index (χ0) is 37.3. The van der Waals surface area contributed by atoms with Crippen molar-refractivity contribution in [2.24, 2.45) is 0 Å². The molecule has 13 heteroatoms. The number of fused-ring (bicyclic) bond motifs is 3. The number of aromatic nitrogens is 4. The number of hydrogen-bond acceptors (Lipinski definition) is 9. The Hall–Kier alpha value is -5.74. The van der Waals surface area contributed by atoms with Crippen molar-refractivity contribution in [3.05, 3.63) is 95.6 Å². The van der Waals surface area contributed by atoms with Gasteiger partial charge >= 0.3 is 6.09 Å². The molecule has 276 valence electrons. The molecule has 2 aliphatic rings. The van der Waals surface area contributed by atoms with Crippen LogP contribution in [0.5, 0.6) is 0 Å². The summed E-state index contributed by atoms with van der Waals surface area (Å²) in [5, 5.41) is 18.4. The lowest BCUT2D eigenvalue weighted by atomic mass is 9.98. The van der Waals surface area contributed by atoms with Gasteiger partial charge in [0.1, 0.15) is 25.3 Å². The number of hydrogen-bond donors (Lipinski definition) is 2. The van der Waals surface area contributed by atoms with E-state index in [9.17, 15) is 14.4 Å². The first-order valence-corrected chi connectivity index (χ1v) is 18.0. The molecule has 2 N–H and O–H groups in total. The molecule has 6 rings (SSSR count). The number of terminal acetylenes is 1. The zero-order valence-corrected chi connectivity index (χ0v) is 30.4. The number of amides is 3. The lowest BCUT2D eigenvalue weighted by Crippen LogP contribution is -2.58. The maximum atomic E-state index is 14.2. The van der Waals surface area contributed by atoms with Crippen LogP contribution in [0, 0.1) is 12.3 Å². The summed E-state index contributed by atoms with van der Waals surface area (Å²) in [5.74, 6) is 1.98. The summed E-state index contributed by atoms with van der Waals surface area (Å²) in [4.78, 5) is 44.2. The Labute approximate surface area is 310 Å². The van der Waals surface area contributed by atoms with Gasteiger partial charge in [0.15, 0.2) is 0 Å². The van der Waals surface area contributed by atoms with Crippen LogP contribution in [0.15, 0.2) is 78.9 Å². The third-order valence-corrected chi connectivity index (χ3v) is 10.2. The first-order valence-electron chi connectivity index (χ1n) is 18.0. The second-order valence-electron chi connectivity index (χ2n) is 13.5. The van der Waals surface area contributed by atoms with Crippen LogP contribution in [0.1, 0.15) is 49.3 Å². The molecule has 1 saturated heterocycles. The fraction of sp³-hybridized carbons (Fsp3) is 0.400. The maximum absolute atomic E-state index is 14.2. The van der Waals surface area contributed by atoms with Gasteiger partial charge in [-0.2, -0.15) is 0 Å². The van der Waals surface area contributed by atoms with Gasteiger partial charge in [-0.3, -0.25) is 14.5 Å². The maximum Gasteiger partial charge on any atom is 0.410 e. The molecule has 0 radical (unpaired) electrons. The van der Waals surface area contributed by atoms with Crippen molar-refractivity contribution in [1.29, 1.82) is 0 Å². The fourth-order valence-electron chi connectivity index (χ4n) is 7.07. The van der Waals surface area contributed by atoms with Gasteiger partial charge in [-0.15, -0.1) is 6.42 Å². The molecule has 1 aliphatic heterocycles. The largest absolute Gasteiger partial charge is 0.448 e. The molecule has 0 unspecified atom stereocenters. The number of nitrogens with zero attached hydrogens (tertiary/aromatic N) is 6. The van der Waals surface area contributed by atoms with Gasteiger partial charge < -0.3 is 25.0 Å². The normalized spacial score (nSPS) is 16.5. The van der Waals surface area contributed by atoms with Crippen molar-refractivity contribution in [2.45, 2.75) is 69.8 Å². The van der Waals surface area contributed by atoms with Crippen LogP contribution in [-0.2, 0) is 32.0 Å². The number of likely N-dealkylation sites (N-methyl/N-ethyl adjacent to an activating group) is 1. The molecule has 3 amide bonds. The number of carbonyl (C=O) groups excluding carboxylic acids is 3. The molecule has 0 spiro atoms. The van der Waals surface area contributed by atoms with E-state index in [0.717, 1.165) is 41.5 Å². The molecule has 0 bridgehead atoms. The number of anilines is 1. The summed E-state index contributed by atoms with van der Waals surface area (Å²) in [7, 11) is 1.51. The van der Waals surface area contributed by atoms with E-state index in [2.05, 4.69) is 56.3 Å². The van der Waals surface area contributed by atoms with Crippen molar-refractivity contribution in [3.63, 3.8) is 0 Å². The van der Waals surface area contributed by atoms with Crippen LogP contribution in [0.3, 0.4) is 0 Å². The predicted octanol–water partition coefficient (Wildman–Crippen LogP) is 4.11. The number of benzene rings is 3. The molecule has 13 nitrogen and oxygen atoms in total. The topological polar surface area (TPSA) is 144 Å². The Bertz CT molecular complexity index is 1880. The average Bonchev–Trinajstić information content (AvgIpc) is 3.92. The minimum atomic E-state index is -1.06. The van der Waals surface area contributed by atoms with E-state index >= 15 is 0 Å². The lowest BCUT2D eigenvalue weighted by Gasteiger charge is -2.33. The number of tetrazole rings is 1. The molecule has 53 heavy (non-hydrogen) atoms. The van der Waals surface area contributed by atoms with Crippen molar-refractivity contribution in [2.75, 3.05) is 38.7 Å². The zero-order valence-electron chi connectivity index (χ0n) is 30.4. The van der Waals surface area contributed by atoms with Gasteiger partial charge in [-0.05, 0) is 71.4 Å². The van der Waals surface area contributed by atoms with E-state index in [1.165, 1.54) is 17.5 Å². The van der Waals surface area contributed by atoms with Crippen LogP contribution in [0.25, 0.3) is 11.1 Å². The molecule has 4 atom stereocenters. The standard InChI is InChI=1S/C40H46N8O5/c1-5-24-52-28(3)36(38(50)47-23-13-16-30(47)25-48-39(43-44-45-48)41-22-21-29-14-7-6-8-15-29)42-37(49)27(2)46(4)40(51)53-26-35-33-19-11-9-17-31(33)32-18-10-12-20-34(32)35/h1,6-12,14-15,17-20,27-28,30,35-36H,13,16,21-26H2,2-4H3,(H,42,49)(H,41,43,45)/t27-,28+,30-,36-/m0/s1. The number of carbonyl (C=O) groups is 3. The molecule has 4 aromatic rings. The van der Waals surface area contributed by atoms with Crippen LogP contribution in [0.4, 0.5) is 10.7 Å². The van der Waals surface area contributed by atoms with Gasteiger partial charge in [0.05, 0.1) is 18.7 Å². The molecule has 0 saturated carbocycles. The third-order valence-electron chi connectivity index (χ3n) is 10.2. The Morgan fingerprint density at radius 2 is 1.68 bits per heavy atom. The van der Waals surface area contributed by atoms with Crippen LogP contribution in [0.2, 0.25) is 0 Å². The summed E-state index contributed by atoms with van der Waals surface area (Å²) in [5.41, 5.74) is 5.62. The van der Waals surface area contributed by atoms with Gasteiger partial charge in [-0.1, -0.05) is 89.9 Å². The quantitative estimate of drug-likeness (QED) is 0.174. The first-order chi connectivity index (χ1) is 25.8. The van der Waals surface area contributed by atoms with E-state index in [-0.39, 0.29) is 31.1 Å².